The third kappa shape index (κ3) is 4.28. The average molecular weight is 251 g/mol. The van der Waals surface area contributed by atoms with Gasteiger partial charge in [0.1, 0.15) is 4.99 Å². The molecule has 0 radical (unpaired) electrons. The molecule has 0 saturated heterocycles. The number of anilines is 1. The molecule has 0 atom stereocenters. The summed E-state index contributed by atoms with van der Waals surface area (Å²) in [5.74, 6) is 0.821. The van der Waals surface area contributed by atoms with Crippen molar-refractivity contribution in [1.29, 1.82) is 0 Å². The monoisotopic (exact) mass is 251 g/mol. The largest absolute Gasteiger partial charge is 0.388 e. The van der Waals surface area contributed by atoms with Crippen LogP contribution in [0.2, 0.25) is 0 Å². The molecule has 1 saturated carbocycles. The first kappa shape index (κ1) is 12.3. The smallest absolute Gasteiger partial charge is 0.122 e. The molecule has 0 unspecified atom stereocenters. The van der Waals surface area contributed by atoms with E-state index >= 15 is 0 Å². The molecule has 3 N–H and O–H groups in total. The third-order valence-electron chi connectivity index (χ3n) is 2.64. The summed E-state index contributed by atoms with van der Waals surface area (Å²) in [7, 11) is 0. The van der Waals surface area contributed by atoms with Gasteiger partial charge in [0.25, 0.3) is 0 Å². The third-order valence-corrected chi connectivity index (χ3v) is 2.85. The van der Waals surface area contributed by atoms with E-state index in [1.807, 2.05) is 12.1 Å². The first-order valence-electron chi connectivity index (χ1n) is 5.83. The van der Waals surface area contributed by atoms with E-state index in [-0.39, 0.29) is 0 Å². The Balaban J connectivity index is 1.65. The highest BCUT2D eigenvalue weighted by atomic mass is 32.1. The highest BCUT2D eigenvalue weighted by Gasteiger charge is 2.20. The van der Waals surface area contributed by atoms with Crippen LogP contribution >= 0.6 is 12.2 Å². The zero-order valence-corrected chi connectivity index (χ0v) is 10.5. The molecule has 0 aromatic carbocycles. The minimum Gasteiger partial charge on any atom is -0.388 e. The molecule has 2 rings (SSSR count). The van der Waals surface area contributed by atoms with Gasteiger partial charge in [-0.1, -0.05) is 12.2 Å². The molecular weight excluding hydrogens is 234 g/mol. The summed E-state index contributed by atoms with van der Waals surface area (Å²) < 4.78 is 5.52. The number of thiocarbonyl (C=S) groups is 1. The predicted octanol–water partition coefficient (Wildman–Crippen LogP) is 1.55. The van der Waals surface area contributed by atoms with Gasteiger partial charge in [-0.05, 0) is 30.9 Å². The quantitative estimate of drug-likeness (QED) is 0.569. The number of pyridine rings is 1. The van der Waals surface area contributed by atoms with Gasteiger partial charge in [0.2, 0.25) is 0 Å². The van der Waals surface area contributed by atoms with Crippen LogP contribution in [0.4, 0.5) is 5.69 Å². The predicted molar refractivity (Wildman–Crippen MR) is 72.2 cm³/mol. The van der Waals surface area contributed by atoms with Gasteiger partial charge >= 0.3 is 0 Å². The summed E-state index contributed by atoms with van der Waals surface area (Å²) >= 11 is 4.83. The van der Waals surface area contributed by atoms with E-state index in [0.717, 1.165) is 31.4 Å². The highest BCUT2D eigenvalue weighted by molar-refractivity contribution is 7.80. The summed E-state index contributed by atoms with van der Waals surface area (Å²) in [5.41, 5.74) is 7.07. The topological polar surface area (TPSA) is 60.2 Å². The Hall–Kier alpha value is -1.20. The van der Waals surface area contributed by atoms with Crippen molar-refractivity contribution in [3.63, 3.8) is 0 Å². The minimum atomic E-state index is 0.323. The van der Waals surface area contributed by atoms with E-state index in [4.69, 9.17) is 22.7 Å². The summed E-state index contributed by atoms with van der Waals surface area (Å²) in [6.45, 7) is 2.43. The molecule has 0 bridgehead atoms. The maximum atomic E-state index is 5.52. The molecule has 17 heavy (non-hydrogen) atoms. The van der Waals surface area contributed by atoms with Crippen LogP contribution in [0.15, 0.2) is 18.3 Å². The lowest BCUT2D eigenvalue weighted by Gasteiger charge is -2.07. The summed E-state index contributed by atoms with van der Waals surface area (Å²) in [6, 6.07) is 3.73. The molecule has 0 amide bonds. The first-order valence-corrected chi connectivity index (χ1v) is 6.24. The van der Waals surface area contributed by atoms with Gasteiger partial charge in [0.15, 0.2) is 0 Å². The van der Waals surface area contributed by atoms with Gasteiger partial charge in [-0.2, -0.15) is 0 Å². The summed E-state index contributed by atoms with van der Waals surface area (Å²) in [4.78, 5) is 4.47. The van der Waals surface area contributed by atoms with Crippen LogP contribution in [0.3, 0.4) is 0 Å². The Morgan fingerprint density at radius 1 is 1.53 bits per heavy atom. The van der Waals surface area contributed by atoms with Crippen molar-refractivity contribution in [1.82, 2.24) is 4.98 Å². The highest BCUT2D eigenvalue weighted by Crippen LogP contribution is 2.28. The fourth-order valence-corrected chi connectivity index (χ4v) is 1.57. The van der Waals surface area contributed by atoms with E-state index < -0.39 is 0 Å². The standard InChI is InChI=1S/C12H17N3OS/c13-12(17)11-4-3-10(7-15-11)14-5-6-16-8-9-1-2-9/h3-4,7,9,14H,1-2,5-6,8H2,(H2,13,17). The number of nitrogens with one attached hydrogen (secondary N) is 1. The van der Waals surface area contributed by atoms with Crippen LogP contribution in [0.1, 0.15) is 18.5 Å². The molecule has 1 aromatic heterocycles. The Morgan fingerprint density at radius 2 is 2.35 bits per heavy atom. The minimum absolute atomic E-state index is 0.323. The van der Waals surface area contributed by atoms with E-state index in [2.05, 4.69) is 10.3 Å². The van der Waals surface area contributed by atoms with E-state index in [9.17, 15) is 0 Å². The Morgan fingerprint density at radius 3 is 2.94 bits per heavy atom. The number of rotatable bonds is 7. The van der Waals surface area contributed by atoms with Gasteiger partial charge < -0.3 is 15.8 Å². The van der Waals surface area contributed by atoms with Gasteiger partial charge in [-0.25, -0.2) is 0 Å². The molecular formula is C12H17N3OS. The number of nitrogens with zero attached hydrogens (tertiary/aromatic N) is 1. The van der Waals surface area contributed by atoms with Crippen molar-refractivity contribution < 1.29 is 4.74 Å². The summed E-state index contributed by atoms with van der Waals surface area (Å²) in [6.07, 6.45) is 4.39. The average Bonchev–Trinajstić information content (AvgIpc) is 3.13. The number of hydrogen-bond donors (Lipinski definition) is 2. The van der Waals surface area contributed by atoms with Gasteiger partial charge in [-0.15, -0.1) is 0 Å². The van der Waals surface area contributed by atoms with Gasteiger partial charge in [0.05, 0.1) is 24.2 Å². The van der Waals surface area contributed by atoms with Crippen molar-refractivity contribution in [2.75, 3.05) is 25.1 Å². The molecule has 1 aliphatic rings. The van der Waals surface area contributed by atoms with Crippen LogP contribution in [-0.4, -0.2) is 29.7 Å². The second kappa shape index (κ2) is 5.93. The SMILES string of the molecule is NC(=S)c1ccc(NCCOCC2CC2)cn1. The molecule has 1 heterocycles. The maximum Gasteiger partial charge on any atom is 0.122 e. The molecule has 5 heteroatoms. The molecule has 0 spiro atoms. The second-order valence-corrected chi connectivity index (χ2v) is 4.68. The number of ether oxygens (including phenoxy) is 1. The van der Waals surface area contributed by atoms with E-state index in [0.29, 0.717) is 10.7 Å². The molecule has 0 aliphatic heterocycles. The van der Waals surface area contributed by atoms with Gasteiger partial charge in [-0.3, -0.25) is 4.98 Å². The Kier molecular flexibility index (Phi) is 4.28. The maximum absolute atomic E-state index is 5.52. The van der Waals surface area contributed by atoms with Crippen LogP contribution in [-0.2, 0) is 4.74 Å². The Labute approximate surface area is 107 Å². The van der Waals surface area contributed by atoms with E-state index in [1.54, 1.807) is 6.20 Å². The van der Waals surface area contributed by atoms with Crippen molar-refractivity contribution in [2.45, 2.75) is 12.8 Å². The molecule has 1 fully saturated rings. The van der Waals surface area contributed by atoms with Crippen LogP contribution in [0.25, 0.3) is 0 Å². The first-order chi connectivity index (χ1) is 8.25. The normalized spacial score (nSPS) is 14.6. The van der Waals surface area contributed by atoms with E-state index in [1.165, 1.54) is 12.8 Å². The lowest BCUT2D eigenvalue weighted by atomic mass is 10.3. The number of hydrogen-bond acceptors (Lipinski definition) is 4. The van der Waals surface area contributed by atoms with Crippen LogP contribution in [0, 0.1) is 5.92 Å². The lowest BCUT2D eigenvalue weighted by molar-refractivity contribution is 0.134. The summed E-state index contributed by atoms with van der Waals surface area (Å²) in [5, 5.41) is 3.23. The molecule has 1 aromatic rings. The van der Waals surface area contributed by atoms with Crippen molar-refractivity contribution >= 4 is 22.9 Å². The Bertz CT molecular complexity index is 376. The zero-order valence-electron chi connectivity index (χ0n) is 9.69. The molecule has 4 nitrogen and oxygen atoms in total. The number of nitrogens with two attached hydrogens (primary N) is 1. The van der Waals surface area contributed by atoms with Crippen LogP contribution in [0.5, 0.6) is 0 Å². The number of aromatic nitrogens is 1. The fraction of sp³-hybridized carbons (Fsp3) is 0.500. The molecule has 1 aliphatic carbocycles. The molecule has 92 valence electrons. The van der Waals surface area contributed by atoms with Crippen molar-refractivity contribution in [3.05, 3.63) is 24.0 Å². The van der Waals surface area contributed by atoms with Crippen molar-refractivity contribution in [3.8, 4) is 0 Å². The zero-order chi connectivity index (χ0) is 12.1. The lowest BCUT2D eigenvalue weighted by Crippen LogP contribution is -2.13. The second-order valence-electron chi connectivity index (χ2n) is 4.24. The van der Waals surface area contributed by atoms with Crippen molar-refractivity contribution in [2.24, 2.45) is 11.7 Å². The van der Waals surface area contributed by atoms with Gasteiger partial charge in [0, 0.05) is 13.2 Å². The fourth-order valence-electron chi connectivity index (χ4n) is 1.45. The van der Waals surface area contributed by atoms with Crippen LogP contribution < -0.4 is 11.1 Å².